The molecule has 0 aromatic carbocycles. The molecular weight excluding hydrogens is 85.8 g/mol. The Hall–Kier alpha value is 0.477. The van der Waals surface area contributed by atoms with Crippen LogP contribution in [0, 0.1) is 0 Å². The Kier molecular flexibility index (Phi) is 22900. The van der Waals surface area contributed by atoms with Gasteiger partial charge >= 0.3 is 25.8 Å². The van der Waals surface area contributed by atoms with Gasteiger partial charge < -0.3 is 16.4 Å². The van der Waals surface area contributed by atoms with Gasteiger partial charge in [-0.25, -0.2) is 0 Å². The molecular formula is AlBO3. The average Bonchev–Trinajstić information content (AvgIpc) is 0. The minimum atomic E-state index is 0. The predicted octanol–water partition coefficient (Wildman–Crippen LogP) is -1.12. The van der Waals surface area contributed by atoms with E-state index in [-0.39, 0.29) is 42.2 Å². The van der Waals surface area contributed by atoms with E-state index < -0.39 is 0 Å². The van der Waals surface area contributed by atoms with E-state index in [1.807, 2.05) is 0 Å². The van der Waals surface area contributed by atoms with Gasteiger partial charge in [-0.2, -0.15) is 0 Å². The molecule has 0 saturated carbocycles. The summed E-state index contributed by atoms with van der Waals surface area (Å²) >= 11 is 0. The third-order valence-corrected chi connectivity index (χ3v) is 0. The summed E-state index contributed by atoms with van der Waals surface area (Å²) in [5, 5.41) is 0. The van der Waals surface area contributed by atoms with Crippen LogP contribution >= 0.6 is 0 Å². The van der Waals surface area contributed by atoms with Crippen LogP contribution in [0.5, 0.6) is 0 Å². The maximum Gasteiger partial charge on any atom is 3.00 e. The fourth-order valence-corrected chi connectivity index (χ4v) is 0. The van der Waals surface area contributed by atoms with Crippen molar-refractivity contribution < 1.29 is 16.4 Å². The van der Waals surface area contributed by atoms with Crippen LogP contribution < -0.4 is 0 Å². The minimum Gasteiger partial charge on any atom is -2.00 e. The molecule has 0 radical (unpaired) electrons. The average molecular weight is 85.8 g/mol. The Morgan fingerprint density at radius 3 is 0.600 bits per heavy atom. The number of hydrogen-bond donors (Lipinski definition) is 0. The largest absolute Gasteiger partial charge is 3.00 e. The van der Waals surface area contributed by atoms with Gasteiger partial charge in [-0.05, 0) is 0 Å². The van der Waals surface area contributed by atoms with Gasteiger partial charge in [0, 0.05) is 0 Å². The fraction of sp³-hybridized carbons (Fsp3) is 0. The Balaban J connectivity index is 0. The Morgan fingerprint density at radius 2 is 0.600 bits per heavy atom. The third-order valence-electron chi connectivity index (χ3n) is 0. The van der Waals surface area contributed by atoms with E-state index in [0.29, 0.717) is 0 Å². The number of rotatable bonds is 0. The van der Waals surface area contributed by atoms with Crippen LogP contribution in [0.3, 0.4) is 0 Å². The SMILES string of the molecule is [Al+3].[B+3].[O-2].[O-2].[O-2]. The first kappa shape index (κ1) is 482. The van der Waals surface area contributed by atoms with E-state index in [0.717, 1.165) is 0 Å². The topological polar surface area (TPSA) is 85.5 Å². The first-order valence-corrected chi connectivity index (χ1v) is 0. The van der Waals surface area contributed by atoms with Crippen molar-refractivity contribution in [1.82, 2.24) is 0 Å². The molecule has 24 valence electrons. The summed E-state index contributed by atoms with van der Waals surface area (Å²) in [6, 6.07) is 0. The van der Waals surface area contributed by atoms with Gasteiger partial charge in [-0.3, -0.25) is 0 Å². The predicted molar refractivity (Wildman–Crippen MR) is 13.6 cm³/mol. The van der Waals surface area contributed by atoms with Crippen molar-refractivity contribution in [3.63, 3.8) is 0 Å². The van der Waals surface area contributed by atoms with Crippen LogP contribution in [-0.2, 0) is 16.4 Å². The Bertz CT molecular complexity index is 6.85. The molecule has 5 heavy (non-hydrogen) atoms. The third kappa shape index (κ3) is 121. The van der Waals surface area contributed by atoms with Gasteiger partial charge in [0.2, 0.25) is 0 Å². The summed E-state index contributed by atoms with van der Waals surface area (Å²) < 4.78 is 0. The molecule has 0 aliphatic carbocycles. The molecule has 0 spiro atoms. The first-order valence-electron chi connectivity index (χ1n) is 0. The van der Waals surface area contributed by atoms with Crippen molar-refractivity contribution in [3.05, 3.63) is 0 Å². The van der Waals surface area contributed by atoms with Crippen LogP contribution in [0.1, 0.15) is 0 Å². The molecule has 3 nitrogen and oxygen atoms in total. The van der Waals surface area contributed by atoms with E-state index in [9.17, 15) is 0 Å². The van der Waals surface area contributed by atoms with Crippen molar-refractivity contribution in [1.29, 1.82) is 0 Å². The Labute approximate surface area is 43.0 Å². The van der Waals surface area contributed by atoms with Crippen LogP contribution in [0.4, 0.5) is 0 Å². The molecule has 0 aromatic rings. The van der Waals surface area contributed by atoms with Crippen molar-refractivity contribution >= 4 is 25.8 Å². The number of hydrogen-bond acceptors (Lipinski definition) is 0. The van der Waals surface area contributed by atoms with Gasteiger partial charge in [-0.15, -0.1) is 0 Å². The molecule has 5 heteroatoms. The zero-order valence-electron chi connectivity index (χ0n) is 2.38. The molecule has 0 rings (SSSR count). The minimum absolute atomic E-state index is 0. The standard InChI is InChI=1S/Al.B.3O/q2*+3;3*-2. The quantitative estimate of drug-likeness (QED) is 0.334. The molecule has 0 aromatic heterocycles. The van der Waals surface area contributed by atoms with Crippen LogP contribution in [0.15, 0.2) is 0 Å². The van der Waals surface area contributed by atoms with Gasteiger partial charge in [-0.1, -0.05) is 0 Å². The van der Waals surface area contributed by atoms with Crippen molar-refractivity contribution in [2.75, 3.05) is 0 Å². The maximum absolute atomic E-state index is 0. The summed E-state index contributed by atoms with van der Waals surface area (Å²) in [4.78, 5) is 0. The monoisotopic (exact) mass is 86.0 g/mol. The van der Waals surface area contributed by atoms with Gasteiger partial charge in [0.25, 0.3) is 0 Å². The molecule has 0 heterocycles. The maximum atomic E-state index is 0. The first-order chi connectivity index (χ1) is 0. The van der Waals surface area contributed by atoms with E-state index in [1.54, 1.807) is 0 Å². The second-order valence-electron chi connectivity index (χ2n) is 0. The second-order valence-corrected chi connectivity index (χ2v) is 0. The normalized spacial score (nSPS) is 0. The summed E-state index contributed by atoms with van der Waals surface area (Å²) in [5.74, 6) is 0. The van der Waals surface area contributed by atoms with Gasteiger partial charge in [0.15, 0.2) is 0 Å². The van der Waals surface area contributed by atoms with Crippen LogP contribution in [0.25, 0.3) is 0 Å². The van der Waals surface area contributed by atoms with Gasteiger partial charge in [0.05, 0.1) is 0 Å². The van der Waals surface area contributed by atoms with Crippen molar-refractivity contribution in [3.8, 4) is 0 Å². The Morgan fingerprint density at radius 1 is 0.600 bits per heavy atom. The molecule has 0 aliphatic rings. The molecule has 0 bridgehead atoms. The molecule has 0 N–H and O–H groups in total. The zero-order valence-corrected chi connectivity index (χ0v) is 3.53. The summed E-state index contributed by atoms with van der Waals surface area (Å²) in [7, 11) is 0. The fourth-order valence-electron chi connectivity index (χ4n) is 0. The molecule has 0 atom stereocenters. The van der Waals surface area contributed by atoms with E-state index >= 15 is 0 Å². The van der Waals surface area contributed by atoms with Crippen LogP contribution in [0.2, 0.25) is 0 Å². The summed E-state index contributed by atoms with van der Waals surface area (Å²) in [5.41, 5.74) is 0. The molecule has 0 saturated heterocycles. The molecule has 0 unspecified atom stereocenters. The van der Waals surface area contributed by atoms with Crippen molar-refractivity contribution in [2.24, 2.45) is 0 Å². The molecule has 0 fully saturated rings. The van der Waals surface area contributed by atoms with Crippen LogP contribution in [-0.4, -0.2) is 25.8 Å². The molecule has 0 amide bonds. The summed E-state index contributed by atoms with van der Waals surface area (Å²) in [6.45, 7) is 0. The smallest absolute Gasteiger partial charge is 2.00 e. The van der Waals surface area contributed by atoms with Crippen molar-refractivity contribution in [2.45, 2.75) is 0 Å². The summed E-state index contributed by atoms with van der Waals surface area (Å²) in [6.07, 6.45) is 0. The second kappa shape index (κ2) is 238. The van der Waals surface area contributed by atoms with E-state index in [1.165, 1.54) is 0 Å². The van der Waals surface area contributed by atoms with E-state index in [2.05, 4.69) is 0 Å². The zero-order chi connectivity index (χ0) is 0. The molecule has 0 aliphatic heterocycles. The van der Waals surface area contributed by atoms with Gasteiger partial charge in [0.1, 0.15) is 0 Å². The van der Waals surface area contributed by atoms with E-state index in [4.69, 9.17) is 0 Å².